The first-order valence-corrected chi connectivity index (χ1v) is 5.62. The van der Waals surface area contributed by atoms with Gasteiger partial charge in [-0.05, 0) is 0 Å². The predicted molar refractivity (Wildman–Crippen MR) is 50.3 cm³/mol. The average Bonchev–Trinajstić information content (AvgIpc) is 1.78. The molecule has 84 valence electrons. The van der Waals surface area contributed by atoms with Gasteiger partial charge in [-0.25, -0.2) is 0 Å². The number of quaternary nitrogens is 1. The van der Waals surface area contributed by atoms with E-state index in [-0.39, 0.29) is 6.61 Å². The predicted octanol–water partition coefficient (Wildman–Crippen LogP) is -0.876. The van der Waals surface area contributed by atoms with Crippen LogP contribution in [0.5, 0.6) is 0 Å². The van der Waals surface area contributed by atoms with Gasteiger partial charge in [0.2, 0.25) is 0 Å². The van der Waals surface area contributed by atoms with Gasteiger partial charge >= 0.3 is 5.97 Å². The molecular weight excluding hydrogens is 210 g/mol. The lowest BCUT2D eigenvalue weighted by Crippen LogP contribution is -2.38. The molecule has 0 aliphatic heterocycles. The van der Waals surface area contributed by atoms with E-state index in [1.807, 2.05) is 21.1 Å². The zero-order chi connectivity index (χ0) is 11.4. The standard InChI is InChI=1S/C7H15NO5S/c1-8(2,3)4-5-13-7(9)6-14(10,11)12/h4-6H2,1-3H3/p+1. The van der Waals surface area contributed by atoms with Crippen LogP contribution in [0.15, 0.2) is 0 Å². The molecule has 0 atom stereocenters. The van der Waals surface area contributed by atoms with Crippen LogP contribution < -0.4 is 0 Å². The fourth-order valence-corrected chi connectivity index (χ4v) is 1.01. The van der Waals surface area contributed by atoms with Crippen molar-refractivity contribution in [3.63, 3.8) is 0 Å². The van der Waals surface area contributed by atoms with Gasteiger partial charge in [-0.2, -0.15) is 8.42 Å². The van der Waals surface area contributed by atoms with Crippen LogP contribution in [0.4, 0.5) is 0 Å². The van der Waals surface area contributed by atoms with Crippen molar-refractivity contribution in [1.29, 1.82) is 0 Å². The second-order valence-corrected chi connectivity index (χ2v) is 5.41. The van der Waals surface area contributed by atoms with Crippen LogP contribution in [0.1, 0.15) is 0 Å². The van der Waals surface area contributed by atoms with E-state index >= 15 is 0 Å². The lowest BCUT2D eigenvalue weighted by atomic mass is 10.5. The van der Waals surface area contributed by atoms with Crippen LogP contribution in [-0.4, -0.2) is 63.5 Å². The van der Waals surface area contributed by atoms with Crippen LogP contribution in [0.3, 0.4) is 0 Å². The van der Waals surface area contributed by atoms with Crippen LogP contribution in [-0.2, 0) is 19.6 Å². The monoisotopic (exact) mass is 226 g/mol. The summed E-state index contributed by atoms with van der Waals surface area (Å²) in [5.74, 6) is -1.91. The summed E-state index contributed by atoms with van der Waals surface area (Å²) in [5, 5.41) is 0. The summed E-state index contributed by atoms with van der Waals surface area (Å²) in [4.78, 5) is 10.8. The van der Waals surface area contributed by atoms with Crippen molar-refractivity contribution >= 4 is 16.1 Å². The fraction of sp³-hybridized carbons (Fsp3) is 0.857. The number of nitrogens with zero attached hydrogens (tertiary/aromatic N) is 1. The highest BCUT2D eigenvalue weighted by molar-refractivity contribution is 7.86. The Hall–Kier alpha value is -0.660. The topological polar surface area (TPSA) is 80.7 Å². The third-order valence-corrected chi connectivity index (χ3v) is 1.93. The summed E-state index contributed by atoms with van der Waals surface area (Å²) in [6, 6.07) is 0. The summed E-state index contributed by atoms with van der Waals surface area (Å²) < 4.78 is 34.0. The lowest BCUT2D eigenvalue weighted by molar-refractivity contribution is -0.870. The highest BCUT2D eigenvalue weighted by atomic mass is 32.2. The summed E-state index contributed by atoms with van der Waals surface area (Å²) in [6.45, 7) is 0.717. The maximum Gasteiger partial charge on any atom is 0.323 e. The molecule has 0 fully saturated rings. The lowest BCUT2D eigenvalue weighted by Gasteiger charge is -2.23. The van der Waals surface area contributed by atoms with E-state index in [4.69, 9.17) is 4.55 Å². The van der Waals surface area contributed by atoms with E-state index in [0.717, 1.165) is 0 Å². The van der Waals surface area contributed by atoms with Crippen molar-refractivity contribution in [2.24, 2.45) is 0 Å². The molecule has 1 N–H and O–H groups in total. The number of hydrogen-bond donors (Lipinski definition) is 1. The molecule has 0 aliphatic carbocycles. The normalized spacial score (nSPS) is 12.6. The quantitative estimate of drug-likeness (QED) is 0.374. The molecule has 14 heavy (non-hydrogen) atoms. The van der Waals surface area contributed by atoms with Crippen molar-refractivity contribution in [2.75, 3.05) is 40.0 Å². The molecule has 0 saturated carbocycles. The Morgan fingerprint density at radius 3 is 2.21 bits per heavy atom. The zero-order valence-corrected chi connectivity index (χ0v) is 9.37. The summed E-state index contributed by atoms with van der Waals surface area (Å²) in [7, 11) is 1.47. The molecule has 0 spiro atoms. The Kier molecular flexibility index (Phi) is 4.50. The van der Waals surface area contributed by atoms with Crippen molar-refractivity contribution in [3.05, 3.63) is 0 Å². The molecule has 0 aromatic carbocycles. The molecule has 0 bridgehead atoms. The number of carbonyl (C=O) groups excluding carboxylic acids is 1. The third-order valence-electron chi connectivity index (χ3n) is 1.33. The second-order valence-electron chi connectivity index (χ2n) is 3.96. The third kappa shape index (κ3) is 9.43. The largest absolute Gasteiger partial charge is 0.459 e. The van der Waals surface area contributed by atoms with Crippen LogP contribution >= 0.6 is 0 Å². The molecule has 7 heteroatoms. The van der Waals surface area contributed by atoms with E-state index < -0.39 is 21.8 Å². The first kappa shape index (κ1) is 13.3. The van der Waals surface area contributed by atoms with Crippen molar-refractivity contribution in [1.82, 2.24) is 0 Å². The smallest absolute Gasteiger partial charge is 0.323 e. The maximum atomic E-state index is 10.8. The number of likely N-dealkylation sites (N-methyl/N-ethyl adjacent to an activating group) is 1. The molecule has 0 aromatic heterocycles. The van der Waals surface area contributed by atoms with Gasteiger partial charge in [-0.1, -0.05) is 0 Å². The minimum absolute atomic E-state index is 0.137. The molecule has 0 rings (SSSR count). The molecule has 0 radical (unpaired) electrons. The van der Waals surface area contributed by atoms with Gasteiger partial charge in [0, 0.05) is 0 Å². The summed E-state index contributed by atoms with van der Waals surface area (Å²) in [5.41, 5.74) is 0. The van der Waals surface area contributed by atoms with Gasteiger partial charge < -0.3 is 9.22 Å². The van der Waals surface area contributed by atoms with Crippen LogP contribution in [0.25, 0.3) is 0 Å². The molecular formula is C7H16NO5S+. The highest BCUT2D eigenvalue weighted by Crippen LogP contribution is 1.91. The fourth-order valence-electron chi connectivity index (χ4n) is 0.624. The van der Waals surface area contributed by atoms with Crippen LogP contribution in [0, 0.1) is 0 Å². The average molecular weight is 226 g/mol. The minimum Gasteiger partial charge on any atom is -0.459 e. The van der Waals surface area contributed by atoms with E-state index in [1.165, 1.54) is 0 Å². The molecule has 0 aromatic rings. The van der Waals surface area contributed by atoms with Gasteiger partial charge in [-0.3, -0.25) is 9.35 Å². The molecule has 0 saturated heterocycles. The Morgan fingerprint density at radius 2 is 1.86 bits per heavy atom. The van der Waals surface area contributed by atoms with Gasteiger partial charge in [0.1, 0.15) is 13.2 Å². The SMILES string of the molecule is C[N+](C)(C)CCOC(=O)CS(=O)(=O)O. The molecule has 6 nitrogen and oxygen atoms in total. The number of ether oxygens (including phenoxy) is 1. The Balaban J connectivity index is 3.77. The van der Waals surface area contributed by atoms with Gasteiger partial charge in [0.15, 0.2) is 5.75 Å². The Labute approximate surface area is 83.8 Å². The highest BCUT2D eigenvalue weighted by Gasteiger charge is 2.15. The molecule has 0 aliphatic rings. The van der Waals surface area contributed by atoms with Gasteiger partial charge in [-0.15, -0.1) is 0 Å². The molecule has 0 heterocycles. The number of esters is 1. The first-order valence-electron chi connectivity index (χ1n) is 4.01. The second kappa shape index (κ2) is 4.72. The van der Waals surface area contributed by atoms with Gasteiger partial charge in [0.25, 0.3) is 10.1 Å². The Bertz CT molecular complexity index is 290. The molecule has 0 amide bonds. The minimum atomic E-state index is -4.27. The van der Waals surface area contributed by atoms with E-state index in [0.29, 0.717) is 11.0 Å². The van der Waals surface area contributed by atoms with Crippen molar-refractivity contribution in [3.8, 4) is 0 Å². The molecule has 0 unspecified atom stereocenters. The van der Waals surface area contributed by atoms with E-state index in [9.17, 15) is 13.2 Å². The number of carbonyl (C=O) groups is 1. The van der Waals surface area contributed by atoms with Crippen molar-refractivity contribution in [2.45, 2.75) is 0 Å². The van der Waals surface area contributed by atoms with Gasteiger partial charge in [0.05, 0.1) is 21.1 Å². The van der Waals surface area contributed by atoms with E-state index in [2.05, 4.69) is 4.74 Å². The summed E-state index contributed by atoms with van der Waals surface area (Å²) >= 11 is 0. The Morgan fingerprint density at radius 1 is 1.36 bits per heavy atom. The van der Waals surface area contributed by atoms with Crippen molar-refractivity contribution < 1.29 is 27.0 Å². The number of hydrogen-bond acceptors (Lipinski definition) is 4. The van der Waals surface area contributed by atoms with Crippen LogP contribution in [0.2, 0.25) is 0 Å². The van der Waals surface area contributed by atoms with E-state index in [1.54, 1.807) is 0 Å². The number of rotatable bonds is 5. The first-order chi connectivity index (χ1) is 6.10. The zero-order valence-electron chi connectivity index (χ0n) is 8.56. The summed E-state index contributed by atoms with van der Waals surface area (Å²) in [6.07, 6.45) is 0. The maximum absolute atomic E-state index is 10.8.